The summed E-state index contributed by atoms with van der Waals surface area (Å²) in [5, 5.41) is 27.0. The summed E-state index contributed by atoms with van der Waals surface area (Å²) in [7, 11) is 2.49. The molecule has 0 saturated heterocycles. The molecule has 0 radical (unpaired) electrons. The van der Waals surface area contributed by atoms with Crippen molar-refractivity contribution in [3.05, 3.63) is 0 Å². The Hall–Kier alpha value is -0.625. The molecule has 0 aromatic carbocycles. The van der Waals surface area contributed by atoms with Gasteiger partial charge >= 0.3 is 13.1 Å². The number of carboxylic acid groups (broad SMARTS) is 1. The van der Waals surface area contributed by atoms with E-state index in [0.717, 1.165) is 6.42 Å². The Morgan fingerprint density at radius 1 is 1.44 bits per heavy atom. The molecular formula is C11H23BN2O4. The predicted molar refractivity (Wildman–Crippen MR) is 69.0 cm³/mol. The van der Waals surface area contributed by atoms with Gasteiger partial charge in [-0.15, -0.1) is 0 Å². The highest BCUT2D eigenvalue weighted by molar-refractivity contribution is 6.40. The van der Waals surface area contributed by atoms with Gasteiger partial charge in [0.15, 0.2) is 0 Å². The topological polar surface area (TPSA) is 107 Å². The number of carbonyl (C=O) groups is 1. The average Bonchev–Trinajstić information content (AvgIpc) is 2.25. The van der Waals surface area contributed by atoms with Crippen LogP contribution in [0.5, 0.6) is 0 Å². The third-order valence-corrected chi connectivity index (χ3v) is 3.85. The van der Waals surface area contributed by atoms with Gasteiger partial charge in [-0.2, -0.15) is 0 Å². The van der Waals surface area contributed by atoms with Crippen molar-refractivity contribution in [3.63, 3.8) is 0 Å². The van der Waals surface area contributed by atoms with E-state index in [4.69, 9.17) is 15.8 Å². The molecule has 3 unspecified atom stereocenters. The number of rotatable bonds is 5. The van der Waals surface area contributed by atoms with Gasteiger partial charge in [0.2, 0.25) is 0 Å². The number of hydrogen-bond donors (Lipinski definition) is 4. The second-order valence-corrected chi connectivity index (χ2v) is 5.65. The lowest BCUT2D eigenvalue weighted by atomic mass is 9.69. The molecule has 1 rings (SSSR count). The maximum atomic E-state index is 11.3. The number of carboxylic acids is 1. The van der Waals surface area contributed by atoms with Gasteiger partial charge in [-0.3, -0.25) is 4.79 Å². The molecule has 1 aliphatic carbocycles. The first kappa shape index (κ1) is 15.4. The van der Waals surface area contributed by atoms with Crippen LogP contribution < -0.4 is 5.73 Å². The Morgan fingerprint density at radius 3 is 2.50 bits per heavy atom. The Bertz CT molecular complexity index is 301. The summed E-state index contributed by atoms with van der Waals surface area (Å²) >= 11 is 0. The molecule has 0 aromatic heterocycles. The minimum atomic E-state index is -1.33. The summed E-state index contributed by atoms with van der Waals surface area (Å²) in [6.45, 7) is 0. The molecule has 0 aromatic rings. The van der Waals surface area contributed by atoms with Crippen molar-refractivity contribution in [3.8, 4) is 0 Å². The molecule has 0 bridgehead atoms. The van der Waals surface area contributed by atoms with Crippen molar-refractivity contribution in [2.75, 3.05) is 14.1 Å². The molecule has 1 fully saturated rings. The van der Waals surface area contributed by atoms with E-state index in [-0.39, 0.29) is 18.3 Å². The molecule has 6 nitrogen and oxygen atoms in total. The van der Waals surface area contributed by atoms with E-state index in [2.05, 4.69) is 0 Å². The van der Waals surface area contributed by atoms with Crippen molar-refractivity contribution in [2.45, 2.75) is 43.6 Å². The second kappa shape index (κ2) is 6.01. The first-order valence-electron chi connectivity index (χ1n) is 6.29. The Labute approximate surface area is 108 Å². The zero-order valence-electron chi connectivity index (χ0n) is 11.0. The molecule has 18 heavy (non-hydrogen) atoms. The van der Waals surface area contributed by atoms with Gasteiger partial charge in [0, 0.05) is 6.04 Å². The fourth-order valence-corrected chi connectivity index (χ4v) is 2.74. The molecule has 3 atom stereocenters. The van der Waals surface area contributed by atoms with Crippen molar-refractivity contribution in [1.29, 1.82) is 0 Å². The number of nitrogens with two attached hydrogens (primary N) is 1. The van der Waals surface area contributed by atoms with Crippen LogP contribution in [0.25, 0.3) is 0 Å². The minimum absolute atomic E-state index is 0.119. The van der Waals surface area contributed by atoms with Gasteiger partial charge < -0.3 is 25.8 Å². The lowest BCUT2D eigenvalue weighted by Crippen LogP contribution is -2.57. The minimum Gasteiger partial charge on any atom is -0.480 e. The molecule has 5 N–H and O–H groups in total. The highest BCUT2D eigenvalue weighted by Gasteiger charge is 2.43. The standard InChI is InChI=1S/C11H23BN2O4/c1-14(2)9-5-8(3-4-12(17)18)6-11(13,7-9)10(15)16/h8-9,17-18H,3-7,13H2,1-2H3,(H,15,16). The van der Waals surface area contributed by atoms with Crippen molar-refractivity contribution >= 4 is 13.1 Å². The van der Waals surface area contributed by atoms with E-state index in [0.29, 0.717) is 19.3 Å². The molecule has 0 amide bonds. The van der Waals surface area contributed by atoms with Gasteiger partial charge in [0.05, 0.1) is 0 Å². The number of nitrogens with zero attached hydrogens (tertiary/aromatic N) is 1. The first-order valence-corrected chi connectivity index (χ1v) is 6.29. The summed E-state index contributed by atoms with van der Waals surface area (Å²) < 4.78 is 0. The van der Waals surface area contributed by atoms with Crippen LogP contribution >= 0.6 is 0 Å². The summed E-state index contributed by atoms with van der Waals surface area (Å²) in [6, 6.07) is 0.126. The molecular weight excluding hydrogens is 235 g/mol. The zero-order valence-corrected chi connectivity index (χ0v) is 11.0. The molecule has 1 aliphatic rings. The molecule has 0 heterocycles. The first-order chi connectivity index (χ1) is 8.24. The van der Waals surface area contributed by atoms with Crippen LogP contribution in [-0.4, -0.2) is 58.8 Å². The smallest absolute Gasteiger partial charge is 0.451 e. The molecule has 0 spiro atoms. The third-order valence-electron chi connectivity index (χ3n) is 3.85. The van der Waals surface area contributed by atoms with Gasteiger partial charge in [-0.25, -0.2) is 0 Å². The number of hydrogen-bond acceptors (Lipinski definition) is 5. The van der Waals surface area contributed by atoms with Crippen LogP contribution in [0.15, 0.2) is 0 Å². The van der Waals surface area contributed by atoms with Crippen LogP contribution in [0.1, 0.15) is 25.7 Å². The van der Waals surface area contributed by atoms with E-state index in [9.17, 15) is 9.90 Å². The van der Waals surface area contributed by atoms with Crippen LogP contribution in [0.4, 0.5) is 0 Å². The van der Waals surface area contributed by atoms with Gasteiger partial charge in [-0.1, -0.05) is 6.42 Å². The van der Waals surface area contributed by atoms with E-state index in [1.807, 2.05) is 19.0 Å². The van der Waals surface area contributed by atoms with E-state index >= 15 is 0 Å². The van der Waals surface area contributed by atoms with Gasteiger partial charge in [-0.05, 0) is 45.6 Å². The van der Waals surface area contributed by atoms with Crippen LogP contribution in [0, 0.1) is 5.92 Å². The zero-order chi connectivity index (χ0) is 13.9. The summed E-state index contributed by atoms with van der Waals surface area (Å²) in [5.74, 6) is -0.849. The van der Waals surface area contributed by atoms with Crippen LogP contribution in [-0.2, 0) is 4.79 Å². The summed E-state index contributed by atoms with van der Waals surface area (Å²) in [6.07, 6.45) is 2.55. The highest BCUT2D eigenvalue weighted by atomic mass is 16.4. The third kappa shape index (κ3) is 3.95. The SMILES string of the molecule is CN(C)C1CC(CCB(O)O)CC(N)(C(=O)O)C1. The second-order valence-electron chi connectivity index (χ2n) is 5.65. The van der Waals surface area contributed by atoms with Crippen LogP contribution in [0.2, 0.25) is 6.32 Å². The lowest BCUT2D eigenvalue weighted by Gasteiger charge is -2.42. The molecule has 104 valence electrons. The maximum Gasteiger partial charge on any atom is 0.451 e. The molecule has 7 heteroatoms. The van der Waals surface area contributed by atoms with Crippen molar-refractivity contribution in [1.82, 2.24) is 4.90 Å². The predicted octanol–water partition coefficient (Wildman–Crippen LogP) is -0.638. The normalized spacial score (nSPS) is 32.6. The Kier molecular flexibility index (Phi) is 5.15. The van der Waals surface area contributed by atoms with Crippen molar-refractivity contribution in [2.24, 2.45) is 11.7 Å². The Balaban J connectivity index is 2.71. The van der Waals surface area contributed by atoms with Crippen LogP contribution in [0.3, 0.4) is 0 Å². The van der Waals surface area contributed by atoms with Gasteiger partial charge in [0.1, 0.15) is 5.54 Å². The summed E-state index contributed by atoms with van der Waals surface area (Å²) in [4.78, 5) is 13.3. The molecule has 0 aliphatic heterocycles. The Morgan fingerprint density at radius 2 is 2.06 bits per heavy atom. The van der Waals surface area contributed by atoms with Gasteiger partial charge in [0.25, 0.3) is 0 Å². The monoisotopic (exact) mass is 258 g/mol. The number of aliphatic carboxylic acids is 1. The van der Waals surface area contributed by atoms with Crippen molar-refractivity contribution < 1.29 is 19.9 Å². The van der Waals surface area contributed by atoms with E-state index in [1.54, 1.807) is 0 Å². The molecule has 1 saturated carbocycles. The fraction of sp³-hybridized carbons (Fsp3) is 0.909. The van der Waals surface area contributed by atoms with E-state index < -0.39 is 18.6 Å². The summed E-state index contributed by atoms with van der Waals surface area (Å²) in [5.41, 5.74) is 4.78. The fourth-order valence-electron chi connectivity index (χ4n) is 2.74. The highest BCUT2D eigenvalue weighted by Crippen LogP contribution is 2.35. The quantitative estimate of drug-likeness (QED) is 0.489. The lowest BCUT2D eigenvalue weighted by molar-refractivity contribution is -0.146. The average molecular weight is 258 g/mol. The largest absolute Gasteiger partial charge is 0.480 e. The maximum absolute atomic E-state index is 11.3. The van der Waals surface area contributed by atoms with E-state index in [1.165, 1.54) is 0 Å².